The van der Waals surface area contributed by atoms with Gasteiger partial charge in [0.05, 0.1) is 13.7 Å². The molecule has 7 heteroatoms. The van der Waals surface area contributed by atoms with Gasteiger partial charge in [-0.15, -0.1) is 0 Å². The van der Waals surface area contributed by atoms with E-state index < -0.39 is 0 Å². The van der Waals surface area contributed by atoms with Crippen molar-refractivity contribution in [2.45, 2.75) is 0 Å². The van der Waals surface area contributed by atoms with E-state index in [0.29, 0.717) is 31.8 Å². The summed E-state index contributed by atoms with van der Waals surface area (Å²) in [7, 11) is 5.27. The average molecular weight is 384 g/mol. The van der Waals surface area contributed by atoms with Crippen LogP contribution in [0.4, 0.5) is 0 Å². The summed E-state index contributed by atoms with van der Waals surface area (Å²) in [5.41, 5.74) is 0.598. The summed E-state index contributed by atoms with van der Waals surface area (Å²) in [5.74, 6) is 2.20. The highest BCUT2D eigenvalue weighted by Crippen LogP contribution is 2.11. The number of para-hydroxylation sites is 1. The number of nitrogens with zero attached hydrogens (tertiary/aromatic N) is 2. The Hall–Kier alpha value is -3.22. The molecule has 2 aromatic rings. The van der Waals surface area contributed by atoms with E-state index in [9.17, 15) is 4.79 Å². The second kappa shape index (κ2) is 11.5. The first-order chi connectivity index (χ1) is 13.6. The number of carbonyl (C=O) groups is 1. The van der Waals surface area contributed by atoms with Crippen LogP contribution < -0.4 is 20.1 Å². The van der Waals surface area contributed by atoms with Gasteiger partial charge in [-0.3, -0.25) is 9.79 Å². The molecule has 0 aliphatic carbocycles. The number of methoxy groups -OCH3 is 1. The van der Waals surface area contributed by atoms with Crippen molar-refractivity contribution in [2.75, 3.05) is 47.4 Å². The van der Waals surface area contributed by atoms with Crippen LogP contribution in [0.3, 0.4) is 0 Å². The van der Waals surface area contributed by atoms with Crippen LogP contribution in [-0.4, -0.2) is 64.2 Å². The first-order valence-corrected chi connectivity index (χ1v) is 9.16. The molecule has 2 rings (SSSR count). The summed E-state index contributed by atoms with van der Waals surface area (Å²) in [4.78, 5) is 18.4. The molecule has 0 radical (unpaired) electrons. The lowest BCUT2D eigenvalue weighted by Crippen LogP contribution is -2.43. The fraction of sp³-hybridized carbons (Fsp3) is 0.333. The van der Waals surface area contributed by atoms with Crippen molar-refractivity contribution in [3.8, 4) is 11.5 Å². The van der Waals surface area contributed by atoms with Gasteiger partial charge in [-0.05, 0) is 36.4 Å². The molecule has 0 aliphatic heterocycles. The van der Waals surface area contributed by atoms with Gasteiger partial charge in [0.25, 0.3) is 5.91 Å². The van der Waals surface area contributed by atoms with Crippen LogP contribution in [0.2, 0.25) is 0 Å². The summed E-state index contributed by atoms with van der Waals surface area (Å²) in [6.07, 6.45) is 0. The number of nitrogens with one attached hydrogen (secondary N) is 2. The van der Waals surface area contributed by atoms with Crippen LogP contribution in [0.5, 0.6) is 11.5 Å². The lowest BCUT2D eigenvalue weighted by molar-refractivity contribution is 0.0954. The van der Waals surface area contributed by atoms with Crippen LogP contribution >= 0.6 is 0 Å². The van der Waals surface area contributed by atoms with Gasteiger partial charge in [-0.25, -0.2) is 0 Å². The molecule has 2 N–H and O–H groups in total. The van der Waals surface area contributed by atoms with Crippen LogP contribution in [0, 0.1) is 0 Å². The van der Waals surface area contributed by atoms with E-state index in [1.54, 1.807) is 38.4 Å². The molecular formula is C21H28N4O3. The highest BCUT2D eigenvalue weighted by Gasteiger charge is 2.07. The van der Waals surface area contributed by atoms with Gasteiger partial charge in [-0.2, -0.15) is 0 Å². The number of hydrogen-bond acceptors (Lipinski definition) is 4. The molecule has 0 aliphatic rings. The standard InChI is InChI=1S/C21H28N4O3/c1-22-21(25(2)15-16-28-19-7-5-4-6-8-19)24-14-13-23-20(26)17-9-11-18(27-3)12-10-17/h4-12H,13-16H2,1-3H3,(H,22,24)(H,23,26). The Morgan fingerprint density at radius 3 is 2.32 bits per heavy atom. The van der Waals surface area contributed by atoms with Crippen LogP contribution in [0.25, 0.3) is 0 Å². The maximum absolute atomic E-state index is 12.1. The Bertz CT molecular complexity index is 748. The summed E-state index contributed by atoms with van der Waals surface area (Å²) < 4.78 is 10.8. The number of ether oxygens (including phenoxy) is 2. The smallest absolute Gasteiger partial charge is 0.251 e. The number of aliphatic imine (C=N–C) groups is 1. The van der Waals surface area contributed by atoms with E-state index in [-0.39, 0.29) is 5.91 Å². The lowest BCUT2D eigenvalue weighted by atomic mass is 10.2. The molecule has 0 saturated carbocycles. The van der Waals surface area contributed by atoms with Gasteiger partial charge >= 0.3 is 0 Å². The molecule has 0 unspecified atom stereocenters. The number of carbonyl (C=O) groups excluding carboxylic acids is 1. The lowest BCUT2D eigenvalue weighted by Gasteiger charge is -2.22. The van der Waals surface area contributed by atoms with Crippen molar-refractivity contribution in [3.63, 3.8) is 0 Å². The quantitative estimate of drug-likeness (QED) is 0.393. The zero-order valence-corrected chi connectivity index (χ0v) is 16.6. The largest absolute Gasteiger partial charge is 0.497 e. The van der Waals surface area contributed by atoms with E-state index in [1.807, 2.05) is 42.3 Å². The zero-order chi connectivity index (χ0) is 20.2. The van der Waals surface area contributed by atoms with Gasteiger partial charge in [0.1, 0.15) is 18.1 Å². The molecule has 0 aromatic heterocycles. The third-order valence-corrected chi connectivity index (χ3v) is 4.06. The van der Waals surface area contributed by atoms with E-state index in [1.165, 1.54) is 0 Å². The topological polar surface area (TPSA) is 75.2 Å². The first-order valence-electron chi connectivity index (χ1n) is 9.16. The van der Waals surface area contributed by atoms with Crippen LogP contribution in [0.15, 0.2) is 59.6 Å². The molecule has 0 atom stereocenters. The van der Waals surface area contributed by atoms with E-state index in [2.05, 4.69) is 15.6 Å². The summed E-state index contributed by atoms with van der Waals surface area (Å²) in [6, 6.07) is 16.7. The molecule has 0 saturated heterocycles. The molecule has 1 amide bonds. The summed E-state index contributed by atoms with van der Waals surface area (Å²) in [6.45, 7) is 2.29. The summed E-state index contributed by atoms with van der Waals surface area (Å²) in [5, 5.41) is 6.11. The minimum absolute atomic E-state index is 0.121. The van der Waals surface area contributed by atoms with Crippen molar-refractivity contribution in [2.24, 2.45) is 4.99 Å². The van der Waals surface area contributed by atoms with Gasteiger partial charge in [0, 0.05) is 32.7 Å². The number of rotatable bonds is 9. The maximum atomic E-state index is 12.1. The van der Waals surface area contributed by atoms with Crippen molar-refractivity contribution in [1.82, 2.24) is 15.5 Å². The fourth-order valence-electron chi connectivity index (χ4n) is 2.50. The molecule has 0 heterocycles. The predicted molar refractivity (Wildman–Crippen MR) is 111 cm³/mol. The minimum Gasteiger partial charge on any atom is -0.497 e. The Kier molecular flexibility index (Phi) is 8.65. The highest BCUT2D eigenvalue weighted by molar-refractivity contribution is 5.94. The average Bonchev–Trinajstić information content (AvgIpc) is 2.74. The SMILES string of the molecule is CN=C(NCCNC(=O)c1ccc(OC)cc1)N(C)CCOc1ccccc1. The molecule has 2 aromatic carbocycles. The third kappa shape index (κ3) is 6.83. The Labute approximate surface area is 166 Å². The second-order valence-corrected chi connectivity index (χ2v) is 6.04. The molecule has 7 nitrogen and oxygen atoms in total. The van der Waals surface area contributed by atoms with Crippen LogP contribution in [0.1, 0.15) is 10.4 Å². The number of likely N-dealkylation sites (N-methyl/N-ethyl adjacent to an activating group) is 1. The van der Waals surface area contributed by atoms with E-state index in [0.717, 1.165) is 17.5 Å². The molecule has 0 spiro atoms. The van der Waals surface area contributed by atoms with Crippen molar-refractivity contribution in [1.29, 1.82) is 0 Å². The predicted octanol–water partition coefficient (Wildman–Crippen LogP) is 2.01. The van der Waals surface area contributed by atoms with Crippen LogP contribution in [-0.2, 0) is 0 Å². The second-order valence-electron chi connectivity index (χ2n) is 6.04. The van der Waals surface area contributed by atoms with E-state index in [4.69, 9.17) is 9.47 Å². The van der Waals surface area contributed by atoms with Gasteiger partial charge < -0.3 is 25.0 Å². The molecule has 28 heavy (non-hydrogen) atoms. The van der Waals surface area contributed by atoms with Gasteiger partial charge in [0.2, 0.25) is 0 Å². The molecule has 150 valence electrons. The van der Waals surface area contributed by atoms with Crippen molar-refractivity contribution >= 4 is 11.9 Å². The maximum Gasteiger partial charge on any atom is 0.251 e. The molecule has 0 fully saturated rings. The number of amides is 1. The van der Waals surface area contributed by atoms with E-state index >= 15 is 0 Å². The van der Waals surface area contributed by atoms with Crippen molar-refractivity contribution < 1.29 is 14.3 Å². The Morgan fingerprint density at radius 2 is 1.68 bits per heavy atom. The third-order valence-electron chi connectivity index (χ3n) is 4.06. The summed E-state index contributed by atoms with van der Waals surface area (Å²) >= 11 is 0. The first kappa shape index (κ1) is 21.1. The number of benzene rings is 2. The minimum atomic E-state index is -0.121. The normalized spacial score (nSPS) is 10.9. The molecular weight excluding hydrogens is 356 g/mol. The van der Waals surface area contributed by atoms with Gasteiger partial charge in [-0.1, -0.05) is 18.2 Å². The number of hydrogen-bond donors (Lipinski definition) is 2. The Balaban J connectivity index is 1.67. The number of guanidine groups is 1. The fourth-order valence-corrected chi connectivity index (χ4v) is 2.50. The highest BCUT2D eigenvalue weighted by atomic mass is 16.5. The van der Waals surface area contributed by atoms with Crippen molar-refractivity contribution in [3.05, 3.63) is 60.2 Å². The zero-order valence-electron chi connectivity index (χ0n) is 16.6. The Morgan fingerprint density at radius 1 is 1.00 bits per heavy atom. The van der Waals surface area contributed by atoms with Gasteiger partial charge in [0.15, 0.2) is 5.96 Å². The monoisotopic (exact) mass is 384 g/mol. The molecule has 0 bridgehead atoms.